The summed E-state index contributed by atoms with van der Waals surface area (Å²) in [6.07, 6.45) is 1.40. The summed E-state index contributed by atoms with van der Waals surface area (Å²) in [7, 11) is 1.43. The molecule has 1 aliphatic rings. The number of nitrogens with one attached hydrogen (secondary N) is 6. The molecule has 1 aliphatic heterocycles. The Labute approximate surface area is 175 Å². The minimum Gasteiger partial charge on any atom is -0.372 e. The fourth-order valence-electron chi connectivity index (χ4n) is 2.82. The number of hydrogen-bond donors (Lipinski definition) is 7. The Morgan fingerprint density at radius 2 is 1.67 bits per heavy atom. The predicted octanol–water partition coefficient (Wildman–Crippen LogP) is -2.88. The van der Waals surface area contributed by atoms with E-state index < -0.39 is 54.1 Å². The van der Waals surface area contributed by atoms with Crippen molar-refractivity contribution in [2.24, 2.45) is 11.7 Å². The third-order valence-corrected chi connectivity index (χ3v) is 4.34. The first kappa shape index (κ1) is 24.7. The number of rotatable bonds is 11. The molecule has 0 radical (unpaired) electrons. The van der Waals surface area contributed by atoms with Crippen LogP contribution in [0.5, 0.6) is 0 Å². The van der Waals surface area contributed by atoms with Crippen molar-refractivity contribution in [2.45, 2.75) is 51.7 Å². The van der Waals surface area contributed by atoms with Gasteiger partial charge in [-0.1, -0.05) is 13.8 Å². The van der Waals surface area contributed by atoms with Crippen LogP contribution in [0.1, 0.15) is 33.6 Å². The van der Waals surface area contributed by atoms with Gasteiger partial charge in [0.1, 0.15) is 18.1 Å². The Balaban J connectivity index is 2.94. The number of amides is 5. The van der Waals surface area contributed by atoms with E-state index in [9.17, 15) is 24.0 Å². The monoisotopic (exact) mass is 425 g/mol. The maximum atomic E-state index is 12.8. The van der Waals surface area contributed by atoms with Gasteiger partial charge in [-0.05, 0) is 5.92 Å². The first-order valence-electron chi connectivity index (χ1n) is 9.59. The fraction of sp³-hybridized carbons (Fsp3) is 0.611. The van der Waals surface area contributed by atoms with Gasteiger partial charge in [-0.15, -0.1) is 0 Å². The highest BCUT2D eigenvalue weighted by atomic mass is 16.2. The highest BCUT2D eigenvalue weighted by Gasteiger charge is 2.31. The van der Waals surface area contributed by atoms with Gasteiger partial charge >= 0.3 is 0 Å². The van der Waals surface area contributed by atoms with Gasteiger partial charge in [0.15, 0.2) is 0 Å². The Kier molecular flexibility index (Phi) is 9.59. The Morgan fingerprint density at radius 1 is 1.03 bits per heavy atom. The van der Waals surface area contributed by atoms with Crippen molar-refractivity contribution in [3.63, 3.8) is 0 Å². The zero-order chi connectivity index (χ0) is 22.8. The van der Waals surface area contributed by atoms with Crippen LogP contribution < -0.4 is 37.6 Å². The predicted molar refractivity (Wildman–Crippen MR) is 108 cm³/mol. The topological polar surface area (TPSA) is 184 Å². The Morgan fingerprint density at radius 3 is 2.13 bits per heavy atom. The lowest BCUT2D eigenvalue weighted by Gasteiger charge is -2.26. The van der Waals surface area contributed by atoms with Crippen molar-refractivity contribution in [3.05, 3.63) is 11.9 Å². The lowest BCUT2D eigenvalue weighted by Crippen LogP contribution is -2.58. The van der Waals surface area contributed by atoms with Crippen molar-refractivity contribution in [2.75, 3.05) is 13.7 Å². The first-order valence-corrected chi connectivity index (χ1v) is 9.59. The van der Waals surface area contributed by atoms with Crippen LogP contribution >= 0.6 is 0 Å². The summed E-state index contributed by atoms with van der Waals surface area (Å²) in [4.78, 5) is 60.4. The van der Waals surface area contributed by atoms with E-state index >= 15 is 0 Å². The summed E-state index contributed by atoms with van der Waals surface area (Å²) in [6, 6.07) is -3.15. The van der Waals surface area contributed by atoms with Crippen LogP contribution in [0.15, 0.2) is 11.9 Å². The standard InChI is InChI=1S/C18H31N7O5/c1-9(2)15(23-10(3)26)18(30)25-13(6-14(19)27)17(29)24-12(16(28)20-4)5-11-7-21-8-22-11/h7,9,12-13,15,21-22H,5-6,8H2,1-4H3,(H2,19,27)(H,20,28)(H,23,26)(H,24,29)(H,25,30)/t12-,13-,15-/m0/s1. The number of carbonyl (C=O) groups is 5. The van der Waals surface area contributed by atoms with E-state index in [1.54, 1.807) is 20.0 Å². The van der Waals surface area contributed by atoms with Crippen molar-refractivity contribution in [1.29, 1.82) is 0 Å². The van der Waals surface area contributed by atoms with E-state index in [4.69, 9.17) is 5.73 Å². The second-order valence-corrected chi connectivity index (χ2v) is 7.26. The molecule has 3 atom stereocenters. The number of nitrogens with two attached hydrogens (primary N) is 1. The minimum absolute atomic E-state index is 0.177. The highest BCUT2D eigenvalue weighted by Crippen LogP contribution is 2.07. The van der Waals surface area contributed by atoms with Gasteiger partial charge in [0.2, 0.25) is 29.5 Å². The molecule has 0 saturated carbocycles. The maximum absolute atomic E-state index is 12.8. The van der Waals surface area contributed by atoms with E-state index in [0.717, 1.165) is 0 Å². The molecule has 5 amide bonds. The molecule has 0 aliphatic carbocycles. The van der Waals surface area contributed by atoms with Gasteiger partial charge in [-0.3, -0.25) is 24.0 Å². The van der Waals surface area contributed by atoms with Crippen molar-refractivity contribution in [3.8, 4) is 0 Å². The quantitative estimate of drug-likeness (QED) is 0.185. The molecule has 0 aromatic heterocycles. The molecule has 0 saturated heterocycles. The molecule has 0 aromatic carbocycles. The molecular weight excluding hydrogens is 394 g/mol. The number of hydrogen-bond acceptors (Lipinski definition) is 7. The van der Waals surface area contributed by atoms with Crippen LogP contribution in [0.4, 0.5) is 0 Å². The second kappa shape index (κ2) is 11.6. The largest absolute Gasteiger partial charge is 0.372 e. The SMILES string of the molecule is CNC(=O)[C@H](CC1=CNCN1)NC(=O)[C@H](CC(N)=O)NC(=O)[C@@H](NC(C)=O)C(C)C. The van der Waals surface area contributed by atoms with Gasteiger partial charge in [-0.2, -0.15) is 0 Å². The smallest absolute Gasteiger partial charge is 0.243 e. The molecule has 1 rings (SSSR count). The summed E-state index contributed by atoms with van der Waals surface area (Å²) in [6.45, 7) is 5.22. The summed E-state index contributed by atoms with van der Waals surface area (Å²) in [5.74, 6) is -3.31. The normalized spacial score (nSPS) is 15.6. The van der Waals surface area contributed by atoms with Crippen LogP contribution in [0.2, 0.25) is 0 Å². The summed E-state index contributed by atoms with van der Waals surface area (Å²) in [5, 5.41) is 15.9. The van der Waals surface area contributed by atoms with E-state index in [-0.39, 0.29) is 12.3 Å². The number of primary amides is 1. The third-order valence-electron chi connectivity index (χ3n) is 4.34. The molecule has 0 bridgehead atoms. The average molecular weight is 425 g/mol. The molecule has 0 aromatic rings. The summed E-state index contributed by atoms with van der Waals surface area (Å²) in [5.41, 5.74) is 5.94. The molecule has 168 valence electrons. The highest BCUT2D eigenvalue weighted by molar-refractivity contribution is 5.96. The molecule has 0 fully saturated rings. The Hall–Kier alpha value is -3.31. The number of carbonyl (C=O) groups excluding carboxylic acids is 5. The molecule has 0 spiro atoms. The van der Waals surface area contributed by atoms with Crippen molar-refractivity contribution in [1.82, 2.24) is 31.9 Å². The lowest BCUT2D eigenvalue weighted by atomic mass is 10.0. The van der Waals surface area contributed by atoms with Crippen molar-refractivity contribution >= 4 is 29.5 Å². The first-order chi connectivity index (χ1) is 14.0. The zero-order valence-corrected chi connectivity index (χ0v) is 17.6. The molecular formula is C18H31N7O5. The Bertz CT molecular complexity index is 707. The van der Waals surface area contributed by atoms with Crippen molar-refractivity contribution < 1.29 is 24.0 Å². The van der Waals surface area contributed by atoms with E-state index in [1.165, 1.54) is 14.0 Å². The molecule has 12 heteroatoms. The summed E-state index contributed by atoms with van der Waals surface area (Å²) >= 11 is 0. The minimum atomic E-state index is -1.30. The van der Waals surface area contributed by atoms with E-state index in [0.29, 0.717) is 12.4 Å². The number of likely N-dealkylation sites (N-methyl/N-ethyl adjacent to an activating group) is 1. The van der Waals surface area contributed by atoms with Gasteiger partial charge in [0.05, 0.1) is 13.1 Å². The lowest BCUT2D eigenvalue weighted by molar-refractivity contribution is -0.135. The van der Waals surface area contributed by atoms with Gasteiger partial charge in [0.25, 0.3) is 0 Å². The zero-order valence-electron chi connectivity index (χ0n) is 17.6. The average Bonchev–Trinajstić information content (AvgIpc) is 3.16. The van der Waals surface area contributed by atoms with Crippen LogP contribution in [0.3, 0.4) is 0 Å². The van der Waals surface area contributed by atoms with Crippen LogP contribution in [0, 0.1) is 5.92 Å². The van der Waals surface area contributed by atoms with Crippen LogP contribution in [-0.4, -0.2) is 61.4 Å². The van der Waals surface area contributed by atoms with Gasteiger partial charge in [0, 0.05) is 32.3 Å². The fourth-order valence-corrected chi connectivity index (χ4v) is 2.82. The molecule has 30 heavy (non-hydrogen) atoms. The summed E-state index contributed by atoms with van der Waals surface area (Å²) < 4.78 is 0. The van der Waals surface area contributed by atoms with Crippen LogP contribution in [0.25, 0.3) is 0 Å². The van der Waals surface area contributed by atoms with Gasteiger partial charge in [-0.25, -0.2) is 0 Å². The third kappa shape index (κ3) is 7.97. The molecule has 8 N–H and O–H groups in total. The second-order valence-electron chi connectivity index (χ2n) is 7.26. The van der Waals surface area contributed by atoms with E-state index in [1.807, 2.05) is 0 Å². The van der Waals surface area contributed by atoms with Gasteiger partial charge < -0.3 is 37.6 Å². The maximum Gasteiger partial charge on any atom is 0.243 e. The molecule has 1 heterocycles. The van der Waals surface area contributed by atoms with Crippen LogP contribution in [-0.2, 0) is 24.0 Å². The molecule has 0 unspecified atom stereocenters. The molecule has 12 nitrogen and oxygen atoms in total. The van der Waals surface area contributed by atoms with E-state index in [2.05, 4.69) is 31.9 Å².